The molecule has 4 aromatic heterocycles. The van der Waals surface area contributed by atoms with E-state index in [1.165, 1.54) is 6.33 Å². The van der Waals surface area contributed by atoms with Crippen molar-refractivity contribution < 1.29 is 4.79 Å². The highest BCUT2D eigenvalue weighted by Gasteiger charge is 2.15. The van der Waals surface area contributed by atoms with Gasteiger partial charge in [0, 0.05) is 52.3 Å². The molecule has 2 aromatic carbocycles. The summed E-state index contributed by atoms with van der Waals surface area (Å²) in [6.07, 6.45) is 5.57. The van der Waals surface area contributed by atoms with Crippen molar-refractivity contribution in [3.05, 3.63) is 113 Å². The lowest BCUT2D eigenvalue weighted by molar-refractivity contribution is 0.0993. The number of carbonyl (C=O) groups excluding carboxylic acids is 1. The molecule has 6 rings (SSSR count). The Hall–Kier alpha value is -4.76. The monoisotopic (exact) mass is 531 g/mol. The molecule has 0 bridgehead atoms. The summed E-state index contributed by atoms with van der Waals surface area (Å²) >= 11 is 1.60. The zero-order valence-corrected chi connectivity index (χ0v) is 22.3. The van der Waals surface area contributed by atoms with Crippen LogP contribution in [-0.2, 0) is 13.0 Å². The molecule has 0 aliphatic carbocycles. The van der Waals surface area contributed by atoms with E-state index in [1.54, 1.807) is 35.7 Å². The number of aromatic nitrogens is 4. The van der Waals surface area contributed by atoms with Crippen LogP contribution < -0.4 is 4.90 Å². The maximum atomic E-state index is 13.1. The van der Waals surface area contributed by atoms with E-state index >= 15 is 0 Å². The molecule has 8 nitrogen and oxygen atoms in total. The van der Waals surface area contributed by atoms with Gasteiger partial charge in [-0.3, -0.25) is 9.78 Å². The Labute approximate surface area is 229 Å². The van der Waals surface area contributed by atoms with Gasteiger partial charge in [0.05, 0.1) is 23.8 Å². The number of rotatable bonds is 7. The van der Waals surface area contributed by atoms with Crippen molar-refractivity contribution in [2.45, 2.75) is 19.9 Å². The normalized spacial score (nSPS) is 11.5. The van der Waals surface area contributed by atoms with Crippen LogP contribution >= 0.6 is 11.3 Å². The van der Waals surface area contributed by atoms with Gasteiger partial charge in [-0.1, -0.05) is 30.3 Å². The Bertz CT molecular complexity index is 1820. The van der Waals surface area contributed by atoms with E-state index in [-0.39, 0.29) is 5.91 Å². The number of pyridine rings is 1. The Balaban J connectivity index is 1.21. The van der Waals surface area contributed by atoms with Gasteiger partial charge in [-0.2, -0.15) is 5.11 Å². The molecule has 0 radical (unpaired) electrons. The van der Waals surface area contributed by atoms with Crippen molar-refractivity contribution in [3.63, 3.8) is 0 Å². The van der Waals surface area contributed by atoms with Crippen LogP contribution in [0.1, 0.15) is 32.1 Å². The molecule has 9 heteroatoms. The van der Waals surface area contributed by atoms with Gasteiger partial charge in [0.15, 0.2) is 5.82 Å². The van der Waals surface area contributed by atoms with Crippen molar-refractivity contribution in [1.29, 1.82) is 0 Å². The molecule has 0 spiro atoms. The highest BCUT2D eigenvalue weighted by Crippen LogP contribution is 2.32. The predicted molar refractivity (Wildman–Crippen MR) is 155 cm³/mol. The van der Waals surface area contributed by atoms with Crippen molar-refractivity contribution in [2.24, 2.45) is 10.2 Å². The van der Waals surface area contributed by atoms with E-state index in [0.717, 1.165) is 48.5 Å². The minimum atomic E-state index is -0.0832. The average molecular weight is 532 g/mol. The molecule has 4 heterocycles. The highest BCUT2D eigenvalue weighted by molar-refractivity contribution is 7.18. The fourth-order valence-electron chi connectivity index (χ4n) is 4.65. The molecule has 6 aromatic rings. The number of hydrogen-bond donors (Lipinski definition) is 1. The maximum absolute atomic E-state index is 13.1. The topological polar surface area (TPSA) is 99.5 Å². The number of benzene rings is 2. The molecule has 1 amide bonds. The summed E-state index contributed by atoms with van der Waals surface area (Å²) in [5.41, 5.74) is 5.74. The lowest BCUT2D eigenvalue weighted by Gasteiger charge is -2.17. The average Bonchev–Trinajstić information content (AvgIpc) is 3.53. The summed E-state index contributed by atoms with van der Waals surface area (Å²) in [6, 6.07) is 21.7. The van der Waals surface area contributed by atoms with Crippen molar-refractivity contribution in [2.75, 3.05) is 11.9 Å². The van der Waals surface area contributed by atoms with Crippen molar-refractivity contribution in [3.8, 4) is 0 Å². The largest absolute Gasteiger partial charge is 0.358 e. The first-order valence-corrected chi connectivity index (χ1v) is 13.3. The number of para-hydroxylation sites is 1. The highest BCUT2D eigenvalue weighted by atomic mass is 32.1. The van der Waals surface area contributed by atoms with Crippen LogP contribution in [0.3, 0.4) is 0 Å². The second kappa shape index (κ2) is 10.5. The number of azo groups is 1. The Kier molecular flexibility index (Phi) is 6.64. The Morgan fingerprint density at radius 2 is 1.92 bits per heavy atom. The number of carbonyl (C=O) groups is 1. The molecule has 0 aliphatic heterocycles. The third-order valence-corrected chi connectivity index (χ3v) is 7.71. The SMILES string of the molecule is Cc1[nH]c2ccccc2c1CN=Nc1ncnc2sc(Cc3cccc(C(=O)N(C)c4cccnc4)c3)cc12. The van der Waals surface area contributed by atoms with Crippen molar-refractivity contribution >= 4 is 49.9 Å². The number of H-pyrrole nitrogens is 1. The van der Waals surface area contributed by atoms with Crippen LogP contribution in [0.4, 0.5) is 11.5 Å². The number of fused-ring (bicyclic) bond motifs is 2. The summed E-state index contributed by atoms with van der Waals surface area (Å²) in [7, 11) is 1.76. The minimum absolute atomic E-state index is 0.0832. The quantitative estimate of drug-likeness (QED) is 0.224. The van der Waals surface area contributed by atoms with E-state index in [4.69, 9.17) is 0 Å². The van der Waals surface area contributed by atoms with Gasteiger partial charge in [-0.25, -0.2) is 9.97 Å². The van der Waals surface area contributed by atoms with E-state index in [9.17, 15) is 4.79 Å². The standard InChI is InChI=1S/C30H25N7OS/c1-19-26(24-10-3-4-11-27(24)35-19)17-34-36-28-25-15-23(39-29(25)33-18-32-28)14-20-7-5-8-21(13-20)30(38)37(2)22-9-6-12-31-16-22/h3-13,15-16,18,35H,14,17H2,1-2H3. The van der Waals surface area contributed by atoms with Gasteiger partial charge in [0.25, 0.3) is 5.91 Å². The second-order valence-corrected chi connectivity index (χ2v) is 10.4. The molecular formula is C30H25N7OS. The molecule has 0 saturated carbocycles. The summed E-state index contributed by atoms with van der Waals surface area (Å²) in [5.74, 6) is 0.474. The van der Waals surface area contributed by atoms with Crippen LogP contribution in [0.15, 0.2) is 95.7 Å². The van der Waals surface area contributed by atoms with Gasteiger partial charge in [-0.15, -0.1) is 16.5 Å². The summed E-state index contributed by atoms with van der Waals surface area (Å²) in [6.45, 7) is 2.52. The maximum Gasteiger partial charge on any atom is 0.258 e. The van der Waals surface area contributed by atoms with Crippen LogP contribution in [0.2, 0.25) is 0 Å². The lowest BCUT2D eigenvalue weighted by atomic mass is 10.1. The number of aryl methyl sites for hydroxylation is 1. The molecule has 1 N–H and O–H groups in total. The van der Waals surface area contributed by atoms with Gasteiger partial charge >= 0.3 is 0 Å². The molecule has 39 heavy (non-hydrogen) atoms. The van der Waals surface area contributed by atoms with Crippen LogP contribution in [-0.4, -0.2) is 32.9 Å². The summed E-state index contributed by atoms with van der Waals surface area (Å²) in [5, 5.41) is 11.0. The first kappa shape index (κ1) is 24.6. The second-order valence-electron chi connectivity index (χ2n) is 9.26. The summed E-state index contributed by atoms with van der Waals surface area (Å²) < 4.78 is 0. The number of aromatic amines is 1. The smallest absolute Gasteiger partial charge is 0.258 e. The number of hydrogen-bond acceptors (Lipinski definition) is 7. The van der Waals surface area contributed by atoms with Crippen LogP contribution in [0.5, 0.6) is 0 Å². The van der Waals surface area contributed by atoms with Crippen LogP contribution in [0, 0.1) is 6.92 Å². The zero-order valence-electron chi connectivity index (χ0n) is 21.5. The number of nitrogens with one attached hydrogen (secondary N) is 1. The fraction of sp³-hybridized carbons (Fsp3) is 0.133. The number of amides is 1. The van der Waals surface area contributed by atoms with E-state index < -0.39 is 0 Å². The minimum Gasteiger partial charge on any atom is -0.358 e. The lowest BCUT2D eigenvalue weighted by Crippen LogP contribution is -2.26. The number of nitrogens with zero attached hydrogens (tertiary/aromatic N) is 6. The Morgan fingerprint density at radius 1 is 1.03 bits per heavy atom. The van der Waals surface area contributed by atoms with E-state index in [0.29, 0.717) is 24.3 Å². The first-order valence-electron chi connectivity index (χ1n) is 12.5. The third-order valence-electron chi connectivity index (χ3n) is 6.67. The van der Waals surface area contributed by atoms with Crippen LogP contribution in [0.25, 0.3) is 21.1 Å². The zero-order chi connectivity index (χ0) is 26.8. The number of anilines is 1. The number of thiophene rings is 1. The predicted octanol–water partition coefficient (Wildman–Crippen LogP) is 7.03. The molecule has 0 atom stereocenters. The molecule has 0 fully saturated rings. The molecule has 0 aliphatic rings. The van der Waals surface area contributed by atoms with Gasteiger partial charge in [0.1, 0.15) is 11.2 Å². The molecular weight excluding hydrogens is 506 g/mol. The molecule has 0 saturated heterocycles. The summed E-state index contributed by atoms with van der Waals surface area (Å²) in [4.78, 5) is 33.0. The first-order chi connectivity index (χ1) is 19.1. The molecule has 0 unspecified atom stereocenters. The van der Waals surface area contributed by atoms with Gasteiger partial charge < -0.3 is 9.88 Å². The Morgan fingerprint density at radius 3 is 2.79 bits per heavy atom. The third kappa shape index (κ3) is 5.04. The van der Waals surface area contributed by atoms with Gasteiger partial charge in [0.2, 0.25) is 0 Å². The fourth-order valence-corrected chi connectivity index (χ4v) is 5.67. The molecule has 192 valence electrons. The van der Waals surface area contributed by atoms with Crippen molar-refractivity contribution in [1.82, 2.24) is 19.9 Å². The van der Waals surface area contributed by atoms with Gasteiger partial charge in [-0.05, 0) is 48.9 Å². The van der Waals surface area contributed by atoms with E-state index in [2.05, 4.69) is 55.3 Å². The van der Waals surface area contributed by atoms with E-state index in [1.807, 2.05) is 48.5 Å².